The Morgan fingerprint density at radius 1 is 1.55 bits per heavy atom. The zero-order valence-corrected chi connectivity index (χ0v) is 6.61. The molecule has 0 aliphatic rings. The molecule has 0 amide bonds. The highest BCUT2D eigenvalue weighted by molar-refractivity contribution is 6.33. The monoisotopic (exact) mass is 175 g/mol. The summed E-state index contributed by atoms with van der Waals surface area (Å²) in [6.45, 7) is 0. The van der Waals surface area contributed by atoms with E-state index in [4.69, 9.17) is 16.7 Å². The number of phenols is 1. The molecule has 2 nitrogen and oxygen atoms in total. The normalized spacial score (nSPS) is 9.73. The van der Waals surface area contributed by atoms with Gasteiger partial charge in [-0.15, -0.1) is 0 Å². The number of nitrogens with one attached hydrogen (secondary N) is 1. The van der Waals surface area contributed by atoms with Gasteiger partial charge in [0.05, 0.1) is 10.7 Å². The quantitative estimate of drug-likeness (QED) is 0.642. The number of benzene rings is 1. The van der Waals surface area contributed by atoms with Gasteiger partial charge in [-0.05, 0) is 0 Å². The highest BCUT2D eigenvalue weighted by atomic mass is 35.5. The zero-order chi connectivity index (χ0) is 8.43. The van der Waals surface area contributed by atoms with Crippen LogP contribution in [-0.4, -0.2) is 12.2 Å². The maximum absolute atomic E-state index is 12.6. The molecule has 0 bridgehead atoms. The van der Waals surface area contributed by atoms with Crippen LogP contribution in [0, 0.1) is 5.82 Å². The van der Waals surface area contributed by atoms with Gasteiger partial charge in [0, 0.05) is 19.2 Å². The van der Waals surface area contributed by atoms with Crippen LogP contribution >= 0.6 is 11.6 Å². The molecular weight excluding hydrogens is 169 g/mol. The van der Waals surface area contributed by atoms with E-state index in [9.17, 15) is 4.39 Å². The average molecular weight is 176 g/mol. The predicted octanol–water partition coefficient (Wildman–Crippen LogP) is 2.23. The molecule has 0 spiro atoms. The first-order valence-corrected chi connectivity index (χ1v) is 3.38. The van der Waals surface area contributed by atoms with Crippen LogP contribution in [0.25, 0.3) is 0 Å². The maximum Gasteiger partial charge on any atom is 0.166 e. The molecule has 1 aromatic carbocycles. The first kappa shape index (κ1) is 8.14. The number of phenolic OH excluding ortho intramolecular Hbond substituents is 1. The summed E-state index contributed by atoms with van der Waals surface area (Å²) in [6, 6.07) is 2.29. The highest BCUT2D eigenvalue weighted by Gasteiger charge is 2.05. The van der Waals surface area contributed by atoms with Gasteiger partial charge in [0.1, 0.15) is 0 Å². The predicted molar refractivity (Wildman–Crippen MR) is 42.6 cm³/mol. The topological polar surface area (TPSA) is 32.3 Å². The largest absolute Gasteiger partial charge is 0.505 e. The maximum atomic E-state index is 12.6. The number of rotatable bonds is 1. The van der Waals surface area contributed by atoms with Crippen molar-refractivity contribution in [3.63, 3.8) is 0 Å². The molecule has 0 saturated heterocycles. The van der Waals surface area contributed by atoms with Gasteiger partial charge in [0.25, 0.3) is 0 Å². The van der Waals surface area contributed by atoms with E-state index in [1.165, 1.54) is 0 Å². The molecule has 0 heterocycles. The van der Waals surface area contributed by atoms with Crippen LogP contribution < -0.4 is 5.32 Å². The second-order valence-electron chi connectivity index (χ2n) is 2.03. The molecule has 1 aromatic rings. The molecule has 2 N–H and O–H groups in total. The Morgan fingerprint density at radius 2 is 2.18 bits per heavy atom. The van der Waals surface area contributed by atoms with Crippen molar-refractivity contribution in [2.24, 2.45) is 0 Å². The number of anilines is 1. The second kappa shape index (κ2) is 2.96. The third-order valence-electron chi connectivity index (χ3n) is 1.31. The summed E-state index contributed by atoms with van der Waals surface area (Å²) in [6.07, 6.45) is 0. The minimum atomic E-state index is -0.682. The molecule has 0 fully saturated rings. The highest BCUT2D eigenvalue weighted by Crippen LogP contribution is 2.28. The molecule has 0 unspecified atom stereocenters. The minimum Gasteiger partial charge on any atom is -0.505 e. The Labute approximate surface area is 68.6 Å². The smallest absolute Gasteiger partial charge is 0.166 e. The van der Waals surface area contributed by atoms with Gasteiger partial charge in [-0.2, -0.15) is 0 Å². The average Bonchev–Trinajstić information content (AvgIpc) is 1.97. The summed E-state index contributed by atoms with van der Waals surface area (Å²) in [5.74, 6) is -1.12. The van der Waals surface area contributed by atoms with Gasteiger partial charge in [-0.25, -0.2) is 4.39 Å². The Balaban J connectivity index is 3.21. The number of hydrogen-bond acceptors (Lipinski definition) is 2. The summed E-state index contributed by atoms with van der Waals surface area (Å²) in [4.78, 5) is 0. The van der Waals surface area contributed by atoms with Crippen molar-refractivity contribution in [1.29, 1.82) is 0 Å². The molecule has 4 heteroatoms. The lowest BCUT2D eigenvalue weighted by Crippen LogP contribution is -1.90. The van der Waals surface area contributed by atoms with E-state index in [1.54, 1.807) is 7.05 Å². The van der Waals surface area contributed by atoms with Gasteiger partial charge in [-0.1, -0.05) is 11.6 Å². The second-order valence-corrected chi connectivity index (χ2v) is 2.44. The van der Waals surface area contributed by atoms with E-state index < -0.39 is 11.6 Å². The molecule has 0 atom stereocenters. The van der Waals surface area contributed by atoms with Crippen LogP contribution in [0.5, 0.6) is 5.75 Å². The lowest BCUT2D eigenvalue weighted by atomic mass is 10.3. The molecule has 0 aromatic heterocycles. The van der Waals surface area contributed by atoms with E-state index in [0.717, 1.165) is 12.1 Å². The van der Waals surface area contributed by atoms with Crippen LogP contribution in [0.15, 0.2) is 12.1 Å². The SMILES string of the molecule is CNc1cc(F)c(O)cc1Cl. The third kappa shape index (κ3) is 1.54. The summed E-state index contributed by atoms with van der Waals surface area (Å²) >= 11 is 5.61. The van der Waals surface area contributed by atoms with Crippen LogP contribution in [0.4, 0.5) is 10.1 Å². The van der Waals surface area contributed by atoms with Crippen molar-refractivity contribution < 1.29 is 9.50 Å². The summed E-state index contributed by atoms with van der Waals surface area (Å²) in [7, 11) is 1.62. The molecule has 0 radical (unpaired) electrons. The standard InChI is InChI=1S/C7H7ClFNO/c1-10-6-3-5(9)7(11)2-4(6)8/h2-3,10-11H,1H3. The van der Waals surface area contributed by atoms with E-state index in [0.29, 0.717) is 10.7 Å². The third-order valence-corrected chi connectivity index (χ3v) is 1.62. The zero-order valence-electron chi connectivity index (χ0n) is 5.86. The van der Waals surface area contributed by atoms with Crippen molar-refractivity contribution >= 4 is 17.3 Å². The Hall–Kier alpha value is -0.960. The Kier molecular flexibility index (Phi) is 2.19. The van der Waals surface area contributed by atoms with Crippen LogP contribution in [0.3, 0.4) is 0 Å². The van der Waals surface area contributed by atoms with Crippen molar-refractivity contribution in [2.75, 3.05) is 12.4 Å². The van der Waals surface area contributed by atoms with E-state index in [-0.39, 0.29) is 0 Å². The van der Waals surface area contributed by atoms with Crippen LogP contribution in [0.2, 0.25) is 5.02 Å². The molecule has 11 heavy (non-hydrogen) atoms. The van der Waals surface area contributed by atoms with Crippen molar-refractivity contribution in [3.05, 3.63) is 23.0 Å². The number of halogens is 2. The summed E-state index contributed by atoms with van der Waals surface area (Å²) in [5, 5.41) is 11.8. The minimum absolute atomic E-state index is 0.298. The first-order valence-electron chi connectivity index (χ1n) is 3.01. The van der Waals surface area contributed by atoms with Gasteiger partial charge in [0.2, 0.25) is 0 Å². The fourth-order valence-electron chi connectivity index (χ4n) is 0.728. The fraction of sp³-hybridized carbons (Fsp3) is 0.143. The first-order chi connectivity index (χ1) is 5.15. The summed E-state index contributed by atoms with van der Waals surface area (Å²) in [5.41, 5.74) is 0.460. The number of hydrogen-bond donors (Lipinski definition) is 2. The van der Waals surface area contributed by atoms with Crippen molar-refractivity contribution in [2.45, 2.75) is 0 Å². The molecule has 0 aliphatic heterocycles. The van der Waals surface area contributed by atoms with E-state index >= 15 is 0 Å². The van der Waals surface area contributed by atoms with Crippen molar-refractivity contribution in [1.82, 2.24) is 0 Å². The number of aromatic hydroxyl groups is 1. The lowest BCUT2D eigenvalue weighted by molar-refractivity contribution is 0.433. The summed E-state index contributed by atoms with van der Waals surface area (Å²) < 4.78 is 12.6. The molecule has 1 rings (SSSR count). The lowest BCUT2D eigenvalue weighted by Gasteiger charge is -2.03. The van der Waals surface area contributed by atoms with E-state index in [2.05, 4.69) is 5.32 Å². The Bertz CT molecular complexity index is 277. The van der Waals surface area contributed by atoms with Crippen LogP contribution in [-0.2, 0) is 0 Å². The molecule has 0 saturated carbocycles. The van der Waals surface area contributed by atoms with Crippen molar-refractivity contribution in [3.8, 4) is 5.75 Å². The van der Waals surface area contributed by atoms with Gasteiger partial charge < -0.3 is 10.4 Å². The molecule has 0 aliphatic carbocycles. The van der Waals surface area contributed by atoms with Gasteiger partial charge >= 0.3 is 0 Å². The fourth-order valence-corrected chi connectivity index (χ4v) is 0.980. The van der Waals surface area contributed by atoms with Crippen LogP contribution in [0.1, 0.15) is 0 Å². The Morgan fingerprint density at radius 3 is 2.73 bits per heavy atom. The van der Waals surface area contributed by atoms with E-state index in [1.807, 2.05) is 0 Å². The molecular formula is C7H7ClFNO. The van der Waals surface area contributed by atoms with Gasteiger partial charge in [-0.3, -0.25) is 0 Å². The van der Waals surface area contributed by atoms with Gasteiger partial charge in [0.15, 0.2) is 11.6 Å². The molecule has 60 valence electrons.